The molecule has 96 valence electrons. The zero-order valence-corrected chi connectivity index (χ0v) is 11.9. The van der Waals surface area contributed by atoms with Gasteiger partial charge in [0.05, 0.1) is 0 Å². The Hall–Kier alpha value is -0.570. The number of rotatable bonds is 5. The van der Waals surface area contributed by atoms with Gasteiger partial charge in [-0.2, -0.15) is 0 Å². The van der Waals surface area contributed by atoms with E-state index in [1.807, 2.05) is 34.6 Å². The van der Waals surface area contributed by atoms with Crippen molar-refractivity contribution in [2.24, 2.45) is 16.6 Å². The largest absolute Gasteiger partial charge is 0.355 e. The monoisotopic (exact) mass is 228 g/mol. The summed E-state index contributed by atoms with van der Waals surface area (Å²) in [5.41, 5.74) is 5.37. The van der Waals surface area contributed by atoms with E-state index >= 15 is 0 Å². The molecule has 0 aliphatic carbocycles. The number of nitrogens with two attached hydrogens (primary N) is 1. The predicted molar refractivity (Wildman–Crippen MR) is 69.1 cm³/mol. The first-order chi connectivity index (χ1) is 6.94. The fourth-order valence-corrected chi connectivity index (χ4v) is 0.929. The molecule has 0 aromatic heterocycles. The lowest BCUT2D eigenvalue weighted by Crippen LogP contribution is -2.54. The zero-order valence-electron chi connectivity index (χ0n) is 11.9. The second-order valence-electron chi connectivity index (χ2n) is 6.53. The van der Waals surface area contributed by atoms with E-state index in [0.29, 0.717) is 6.54 Å². The summed E-state index contributed by atoms with van der Waals surface area (Å²) in [6, 6.07) is 0. The molecular formula is C13H28N2O. The highest BCUT2D eigenvalue weighted by atomic mass is 16.2. The van der Waals surface area contributed by atoms with Gasteiger partial charge in [0.1, 0.15) is 0 Å². The molecular weight excluding hydrogens is 200 g/mol. The van der Waals surface area contributed by atoms with Crippen molar-refractivity contribution in [1.29, 1.82) is 0 Å². The molecule has 0 aromatic rings. The van der Waals surface area contributed by atoms with Crippen molar-refractivity contribution in [2.45, 2.75) is 60.4 Å². The molecule has 0 aliphatic rings. The van der Waals surface area contributed by atoms with Crippen LogP contribution in [-0.4, -0.2) is 18.0 Å². The Morgan fingerprint density at radius 1 is 1.12 bits per heavy atom. The summed E-state index contributed by atoms with van der Waals surface area (Å²) in [5.74, 6) is 0.104. The van der Waals surface area contributed by atoms with Crippen LogP contribution in [0, 0.1) is 10.8 Å². The summed E-state index contributed by atoms with van der Waals surface area (Å²) >= 11 is 0. The van der Waals surface area contributed by atoms with Crippen molar-refractivity contribution in [3.63, 3.8) is 0 Å². The summed E-state index contributed by atoms with van der Waals surface area (Å²) in [6.07, 6.45) is 0.839. The molecule has 0 saturated heterocycles. The molecule has 1 amide bonds. The Morgan fingerprint density at radius 2 is 1.56 bits per heavy atom. The molecule has 3 N–H and O–H groups in total. The number of carbonyl (C=O) groups excluding carboxylic acids is 1. The minimum absolute atomic E-state index is 0.104. The Bertz CT molecular complexity index is 249. The van der Waals surface area contributed by atoms with Gasteiger partial charge in [-0.1, -0.05) is 34.6 Å². The van der Waals surface area contributed by atoms with Crippen molar-refractivity contribution >= 4 is 5.91 Å². The van der Waals surface area contributed by atoms with Crippen molar-refractivity contribution < 1.29 is 4.79 Å². The van der Waals surface area contributed by atoms with Gasteiger partial charge in [-0.05, 0) is 25.7 Å². The molecule has 0 aliphatic heterocycles. The Labute approximate surface area is 100 Å². The third-order valence-corrected chi connectivity index (χ3v) is 3.93. The maximum absolute atomic E-state index is 11.9. The van der Waals surface area contributed by atoms with Crippen LogP contribution in [0.3, 0.4) is 0 Å². The molecule has 0 unspecified atom stereocenters. The minimum atomic E-state index is -0.309. The molecule has 0 rings (SSSR count). The fourth-order valence-electron chi connectivity index (χ4n) is 0.929. The number of carbonyl (C=O) groups is 1. The zero-order chi connectivity index (χ0) is 13.2. The predicted octanol–water partition coefficient (Wildman–Crippen LogP) is 2.30. The Morgan fingerprint density at radius 3 is 1.88 bits per heavy atom. The third kappa shape index (κ3) is 3.78. The van der Waals surface area contributed by atoms with Crippen LogP contribution in [0.5, 0.6) is 0 Å². The molecule has 0 heterocycles. The van der Waals surface area contributed by atoms with Crippen LogP contribution >= 0.6 is 0 Å². The second-order valence-corrected chi connectivity index (χ2v) is 6.53. The lowest BCUT2D eigenvalue weighted by Gasteiger charge is -2.39. The molecule has 3 heteroatoms. The van der Waals surface area contributed by atoms with Crippen LogP contribution in [-0.2, 0) is 4.79 Å². The maximum Gasteiger partial charge on any atom is 0.225 e. The lowest BCUT2D eigenvalue weighted by molar-refractivity contribution is -0.130. The van der Waals surface area contributed by atoms with Gasteiger partial charge in [0.15, 0.2) is 0 Å². The SMILES string of the molecule is CCC(C)(C)C(=O)NCC(C)(C)C(C)(C)N. The van der Waals surface area contributed by atoms with Gasteiger partial charge in [-0.3, -0.25) is 4.79 Å². The Kier molecular flexibility index (Phi) is 4.57. The first-order valence-corrected chi connectivity index (χ1v) is 6.01. The molecule has 0 radical (unpaired) electrons. The average molecular weight is 228 g/mol. The molecule has 16 heavy (non-hydrogen) atoms. The van der Waals surface area contributed by atoms with Gasteiger partial charge in [-0.15, -0.1) is 0 Å². The Balaban J connectivity index is 4.43. The van der Waals surface area contributed by atoms with Crippen molar-refractivity contribution in [2.75, 3.05) is 6.54 Å². The molecule has 0 saturated carbocycles. The van der Waals surface area contributed by atoms with E-state index in [0.717, 1.165) is 6.42 Å². The van der Waals surface area contributed by atoms with Crippen LogP contribution < -0.4 is 11.1 Å². The molecule has 0 spiro atoms. The van der Waals surface area contributed by atoms with E-state index in [2.05, 4.69) is 19.2 Å². The smallest absolute Gasteiger partial charge is 0.225 e. The standard InChI is InChI=1S/C13H28N2O/c1-8-11(2,3)10(16)15-9-12(4,5)13(6,7)14/h8-9,14H2,1-7H3,(H,15,16). The van der Waals surface area contributed by atoms with Crippen LogP contribution in [0.4, 0.5) is 0 Å². The summed E-state index contributed by atoms with van der Waals surface area (Å²) in [5, 5.41) is 3.00. The van der Waals surface area contributed by atoms with E-state index < -0.39 is 0 Å². The molecule has 0 bridgehead atoms. The third-order valence-electron chi connectivity index (χ3n) is 3.93. The van der Waals surface area contributed by atoms with Gasteiger partial charge in [0.2, 0.25) is 5.91 Å². The lowest BCUT2D eigenvalue weighted by atomic mass is 9.75. The van der Waals surface area contributed by atoms with Gasteiger partial charge in [0, 0.05) is 17.5 Å². The van der Waals surface area contributed by atoms with E-state index in [1.165, 1.54) is 0 Å². The second kappa shape index (κ2) is 4.74. The van der Waals surface area contributed by atoms with Crippen molar-refractivity contribution in [3.8, 4) is 0 Å². The van der Waals surface area contributed by atoms with E-state index in [-0.39, 0.29) is 22.3 Å². The van der Waals surface area contributed by atoms with Gasteiger partial charge in [0.25, 0.3) is 0 Å². The maximum atomic E-state index is 11.9. The van der Waals surface area contributed by atoms with Crippen molar-refractivity contribution in [3.05, 3.63) is 0 Å². The first kappa shape index (κ1) is 15.4. The van der Waals surface area contributed by atoms with E-state index in [4.69, 9.17) is 5.73 Å². The minimum Gasteiger partial charge on any atom is -0.355 e. The summed E-state index contributed by atoms with van der Waals surface area (Å²) in [6.45, 7) is 14.7. The van der Waals surface area contributed by atoms with Gasteiger partial charge in [-0.25, -0.2) is 0 Å². The van der Waals surface area contributed by atoms with Crippen LogP contribution in [0.1, 0.15) is 54.9 Å². The summed E-state index contributed by atoms with van der Waals surface area (Å²) in [4.78, 5) is 11.9. The number of nitrogens with one attached hydrogen (secondary N) is 1. The van der Waals surface area contributed by atoms with E-state index in [1.54, 1.807) is 0 Å². The molecule has 0 aromatic carbocycles. The summed E-state index contributed by atoms with van der Waals surface area (Å²) in [7, 11) is 0. The normalized spacial score (nSPS) is 13.8. The van der Waals surface area contributed by atoms with Crippen LogP contribution in [0.2, 0.25) is 0 Å². The highest BCUT2D eigenvalue weighted by Gasteiger charge is 2.35. The number of amides is 1. The van der Waals surface area contributed by atoms with E-state index in [9.17, 15) is 4.79 Å². The quantitative estimate of drug-likeness (QED) is 0.758. The summed E-state index contributed by atoms with van der Waals surface area (Å²) < 4.78 is 0. The number of hydrogen-bond acceptors (Lipinski definition) is 2. The topological polar surface area (TPSA) is 55.1 Å². The van der Waals surface area contributed by atoms with Gasteiger partial charge >= 0.3 is 0 Å². The number of hydrogen-bond donors (Lipinski definition) is 2. The van der Waals surface area contributed by atoms with Crippen LogP contribution in [0.25, 0.3) is 0 Å². The first-order valence-electron chi connectivity index (χ1n) is 6.01. The average Bonchev–Trinajstić information content (AvgIpc) is 2.12. The van der Waals surface area contributed by atoms with Crippen molar-refractivity contribution in [1.82, 2.24) is 5.32 Å². The van der Waals surface area contributed by atoms with Crippen LogP contribution in [0.15, 0.2) is 0 Å². The molecule has 0 atom stereocenters. The molecule has 0 fully saturated rings. The van der Waals surface area contributed by atoms with Gasteiger partial charge < -0.3 is 11.1 Å². The fraction of sp³-hybridized carbons (Fsp3) is 0.923. The highest BCUT2D eigenvalue weighted by Crippen LogP contribution is 2.28. The molecule has 3 nitrogen and oxygen atoms in total. The highest BCUT2D eigenvalue weighted by molar-refractivity contribution is 5.81.